The maximum absolute atomic E-state index is 14.6. The van der Waals surface area contributed by atoms with Crippen LogP contribution in [0.5, 0.6) is 0 Å². The average molecular weight is 533 g/mol. The number of halogens is 3. The maximum Gasteiger partial charge on any atom is 0.274 e. The quantitative estimate of drug-likeness (QED) is 0.147. The Bertz CT molecular complexity index is 1360. The highest BCUT2D eigenvalue weighted by atomic mass is 19.1. The van der Waals surface area contributed by atoms with Gasteiger partial charge in [0, 0.05) is 49.5 Å². The van der Waals surface area contributed by atoms with Crippen LogP contribution in [0.25, 0.3) is 22.3 Å². The Kier molecular flexibility index (Phi) is 9.49. The van der Waals surface area contributed by atoms with Crippen LogP contribution in [-0.4, -0.2) is 69.9 Å². The van der Waals surface area contributed by atoms with Crippen molar-refractivity contribution in [3.63, 3.8) is 0 Å². The number of benzene rings is 1. The van der Waals surface area contributed by atoms with Gasteiger partial charge in [0.1, 0.15) is 17.3 Å². The Morgan fingerprint density at radius 2 is 1.95 bits per heavy atom. The number of rotatable bonds is 8. The van der Waals surface area contributed by atoms with Crippen molar-refractivity contribution in [3.8, 4) is 11.4 Å². The van der Waals surface area contributed by atoms with Crippen LogP contribution in [0.4, 0.5) is 19.0 Å². The average Bonchev–Trinajstić information content (AvgIpc) is 3.33. The van der Waals surface area contributed by atoms with Crippen LogP contribution in [0, 0.1) is 22.9 Å². The standard InChI is InChI=1S/C23H23F3N8O2.CH4O/c1-28-34-20(18(27)10-35)23(36)32-13-4-2-3-12(7-13)31-22-17(26)9-30-21(33-22)15-8-29-19-14(15)5-11(24)6-16(19)25;1-2/h5-6,8-10,12-13,27-29H,2-4,7H2,1H3,(H,32,36)(H,30,31,33);2H,1H3/b27-18?,34-20+;/t12-,13+;/m0./s1. The lowest BCUT2D eigenvalue weighted by atomic mass is 9.90. The van der Waals surface area contributed by atoms with E-state index < -0.39 is 29.1 Å². The van der Waals surface area contributed by atoms with Crippen LogP contribution >= 0.6 is 0 Å². The summed E-state index contributed by atoms with van der Waals surface area (Å²) < 4.78 is 42.4. The number of carbonyl (C=O) groups excluding carboxylic acids is 2. The number of anilines is 1. The second-order valence-electron chi connectivity index (χ2n) is 8.30. The molecule has 1 saturated carbocycles. The molecule has 1 aliphatic rings. The molecular weight excluding hydrogens is 505 g/mol. The van der Waals surface area contributed by atoms with E-state index in [0.29, 0.717) is 31.2 Å². The summed E-state index contributed by atoms with van der Waals surface area (Å²) in [4.78, 5) is 34.4. The Balaban J connectivity index is 0.00000195. The molecule has 2 atom stereocenters. The van der Waals surface area contributed by atoms with Crippen molar-refractivity contribution in [1.29, 1.82) is 5.41 Å². The number of aliphatic hydroxyl groups is 1. The van der Waals surface area contributed by atoms with E-state index in [2.05, 4.69) is 36.1 Å². The molecular formula is C24H27F3N8O3. The molecule has 1 aliphatic carbocycles. The van der Waals surface area contributed by atoms with Crippen molar-refractivity contribution in [1.82, 2.24) is 25.7 Å². The first-order valence-electron chi connectivity index (χ1n) is 11.6. The highest BCUT2D eigenvalue weighted by Gasteiger charge is 2.27. The van der Waals surface area contributed by atoms with Crippen LogP contribution in [0.3, 0.4) is 0 Å². The lowest BCUT2D eigenvalue weighted by Crippen LogP contribution is -2.46. The number of hydrazone groups is 1. The number of fused-ring (bicyclic) bond motifs is 1. The summed E-state index contributed by atoms with van der Waals surface area (Å²) in [6.07, 6.45) is 5.10. The molecule has 11 nitrogen and oxygen atoms in total. The number of nitrogens with zero attached hydrogens (tertiary/aromatic N) is 3. The molecule has 2 heterocycles. The smallest absolute Gasteiger partial charge is 0.274 e. The molecule has 0 radical (unpaired) electrons. The SMILES string of the molecule is CN/N=C(\C(=N)C=O)C(=O)N[C@@H]1CCC[C@H](Nc2nc(-c3c[nH]c4c(F)cc(F)cc34)ncc2F)C1.CO. The molecule has 202 valence electrons. The predicted octanol–water partition coefficient (Wildman–Crippen LogP) is 2.28. The number of aromatic nitrogens is 3. The number of carbonyl (C=O) groups is 2. The van der Waals surface area contributed by atoms with Gasteiger partial charge in [-0.1, -0.05) is 0 Å². The van der Waals surface area contributed by atoms with Gasteiger partial charge in [-0.25, -0.2) is 23.1 Å². The summed E-state index contributed by atoms with van der Waals surface area (Å²) in [7, 11) is 2.44. The van der Waals surface area contributed by atoms with E-state index in [1.54, 1.807) is 0 Å². The number of nitrogens with one attached hydrogen (secondary N) is 5. The summed E-state index contributed by atoms with van der Waals surface area (Å²) in [6, 6.07) is 1.34. The van der Waals surface area contributed by atoms with Crippen LogP contribution in [-0.2, 0) is 9.59 Å². The molecule has 1 fully saturated rings. The van der Waals surface area contributed by atoms with Crippen molar-refractivity contribution < 1.29 is 27.9 Å². The Hall–Kier alpha value is -4.33. The molecule has 0 bridgehead atoms. The highest BCUT2D eigenvalue weighted by Crippen LogP contribution is 2.30. The molecule has 1 amide bonds. The zero-order valence-electron chi connectivity index (χ0n) is 20.6. The summed E-state index contributed by atoms with van der Waals surface area (Å²) >= 11 is 0. The van der Waals surface area contributed by atoms with E-state index >= 15 is 0 Å². The molecule has 14 heteroatoms. The van der Waals surface area contributed by atoms with Crippen molar-refractivity contribution in [2.24, 2.45) is 5.10 Å². The lowest BCUT2D eigenvalue weighted by molar-refractivity contribution is -0.115. The monoisotopic (exact) mass is 532 g/mol. The first-order chi connectivity index (χ1) is 18.3. The van der Waals surface area contributed by atoms with Gasteiger partial charge in [-0.15, -0.1) is 0 Å². The van der Waals surface area contributed by atoms with Gasteiger partial charge in [0.2, 0.25) is 0 Å². The number of H-pyrrole nitrogens is 1. The molecule has 0 saturated heterocycles. The fourth-order valence-electron chi connectivity index (χ4n) is 4.24. The molecule has 0 spiro atoms. The van der Waals surface area contributed by atoms with Gasteiger partial charge >= 0.3 is 0 Å². The number of aldehydes is 1. The molecule has 0 aliphatic heterocycles. The van der Waals surface area contributed by atoms with Crippen molar-refractivity contribution in [2.45, 2.75) is 37.8 Å². The third kappa shape index (κ3) is 6.32. The normalized spacial score (nSPS) is 17.3. The lowest BCUT2D eigenvalue weighted by Gasteiger charge is -2.30. The van der Waals surface area contributed by atoms with E-state index in [0.717, 1.165) is 25.4 Å². The van der Waals surface area contributed by atoms with Crippen molar-refractivity contribution in [3.05, 3.63) is 42.0 Å². The molecule has 6 N–H and O–H groups in total. The van der Waals surface area contributed by atoms with E-state index in [1.807, 2.05) is 0 Å². The number of aromatic amines is 1. The third-order valence-corrected chi connectivity index (χ3v) is 5.85. The molecule has 0 unspecified atom stereocenters. The van der Waals surface area contributed by atoms with Gasteiger partial charge in [-0.2, -0.15) is 5.10 Å². The van der Waals surface area contributed by atoms with E-state index in [9.17, 15) is 22.8 Å². The van der Waals surface area contributed by atoms with Gasteiger partial charge in [-0.3, -0.25) is 15.0 Å². The van der Waals surface area contributed by atoms with Gasteiger partial charge < -0.3 is 26.1 Å². The van der Waals surface area contributed by atoms with Gasteiger partial charge in [-0.05, 0) is 31.7 Å². The predicted molar refractivity (Wildman–Crippen MR) is 135 cm³/mol. The minimum Gasteiger partial charge on any atom is -0.400 e. The minimum absolute atomic E-state index is 0.0797. The third-order valence-electron chi connectivity index (χ3n) is 5.85. The topological polar surface area (TPSA) is 168 Å². The van der Waals surface area contributed by atoms with E-state index in [1.165, 1.54) is 13.2 Å². The second kappa shape index (κ2) is 12.8. The molecule has 3 aromatic rings. The summed E-state index contributed by atoms with van der Waals surface area (Å²) in [5.41, 5.74) is 1.91. The number of hydrogen-bond donors (Lipinski definition) is 6. The maximum atomic E-state index is 14.6. The van der Waals surface area contributed by atoms with Gasteiger partial charge in [0.25, 0.3) is 5.91 Å². The van der Waals surface area contributed by atoms with Gasteiger partial charge in [0.05, 0.1) is 11.7 Å². The van der Waals surface area contributed by atoms with E-state index in [4.69, 9.17) is 10.5 Å². The van der Waals surface area contributed by atoms with Crippen molar-refractivity contribution >= 4 is 40.3 Å². The summed E-state index contributed by atoms with van der Waals surface area (Å²) in [5.74, 6) is -2.90. The Labute approximate surface area is 215 Å². The molecule has 38 heavy (non-hydrogen) atoms. The molecule has 1 aromatic carbocycles. The number of hydrogen-bond acceptors (Lipinski definition) is 9. The van der Waals surface area contributed by atoms with Crippen LogP contribution in [0.15, 0.2) is 29.6 Å². The Morgan fingerprint density at radius 3 is 2.66 bits per heavy atom. The highest BCUT2D eigenvalue weighted by molar-refractivity contribution is 6.76. The summed E-state index contributed by atoms with van der Waals surface area (Å²) in [5, 5.41) is 24.3. The minimum atomic E-state index is -0.766. The number of amides is 1. The molecule has 4 rings (SSSR count). The van der Waals surface area contributed by atoms with Crippen LogP contribution in [0.2, 0.25) is 0 Å². The Morgan fingerprint density at radius 1 is 1.21 bits per heavy atom. The first-order valence-corrected chi connectivity index (χ1v) is 11.6. The van der Waals surface area contributed by atoms with Crippen molar-refractivity contribution in [2.75, 3.05) is 19.5 Å². The van der Waals surface area contributed by atoms with Gasteiger partial charge in [0.15, 0.2) is 29.5 Å². The molecule has 2 aromatic heterocycles. The van der Waals surface area contributed by atoms with Crippen LogP contribution < -0.4 is 16.1 Å². The van der Waals surface area contributed by atoms with Crippen LogP contribution in [0.1, 0.15) is 25.7 Å². The largest absolute Gasteiger partial charge is 0.400 e. The zero-order chi connectivity index (χ0) is 27.8. The summed E-state index contributed by atoms with van der Waals surface area (Å²) in [6.45, 7) is 0. The van der Waals surface area contributed by atoms with E-state index in [-0.39, 0.29) is 46.6 Å². The fourth-order valence-corrected chi connectivity index (χ4v) is 4.24. The zero-order valence-corrected chi connectivity index (χ0v) is 20.6. The fraction of sp³-hybridized carbons (Fsp3) is 0.333. The second-order valence-corrected chi connectivity index (χ2v) is 8.30. The first kappa shape index (κ1) is 28.2. The number of aliphatic hydroxyl groups excluding tert-OH is 1.